The Morgan fingerprint density at radius 1 is 1.22 bits per heavy atom. The van der Waals surface area contributed by atoms with Crippen molar-refractivity contribution in [3.63, 3.8) is 0 Å². The fourth-order valence-electron chi connectivity index (χ4n) is 2.92. The van der Waals surface area contributed by atoms with E-state index in [0.717, 1.165) is 10.9 Å². The third-order valence-electron chi connectivity index (χ3n) is 4.12. The zero-order valence-electron chi connectivity index (χ0n) is 12.7. The summed E-state index contributed by atoms with van der Waals surface area (Å²) in [7, 11) is 0. The molecule has 1 saturated heterocycles. The summed E-state index contributed by atoms with van der Waals surface area (Å²) in [5, 5.41) is 9.74. The fourth-order valence-corrected chi connectivity index (χ4v) is 2.92. The number of piperazine rings is 1. The van der Waals surface area contributed by atoms with E-state index in [0.29, 0.717) is 12.2 Å². The number of aromatic amines is 1. The van der Waals surface area contributed by atoms with Gasteiger partial charge in [0.2, 0.25) is 0 Å². The van der Waals surface area contributed by atoms with Gasteiger partial charge in [-0.25, -0.2) is 4.79 Å². The monoisotopic (exact) mass is 315 g/mol. The lowest BCUT2D eigenvalue weighted by atomic mass is 10.1. The minimum atomic E-state index is -1.47. The highest BCUT2D eigenvalue weighted by atomic mass is 16.4. The third kappa shape index (κ3) is 2.77. The van der Waals surface area contributed by atoms with Gasteiger partial charge in [0, 0.05) is 36.6 Å². The molecule has 7 heteroatoms. The topological polar surface area (TPSA) is 93.7 Å². The Balaban J connectivity index is 1.76. The average molecular weight is 315 g/mol. The number of hydrogen-bond acceptors (Lipinski definition) is 3. The lowest BCUT2D eigenvalue weighted by Crippen LogP contribution is -2.56. The van der Waals surface area contributed by atoms with E-state index in [1.165, 1.54) is 4.90 Å². The Morgan fingerprint density at radius 3 is 2.61 bits per heavy atom. The minimum Gasteiger partial charge on any atom is -0.474 e. The lowest BCUT2D eigenvalue weighted by molar-refractivity contribution is -0.157. The van der Waals surface area contributed by atoms with Gasteiger partial charge in [0.1, 0.15) is 5.69 Å². The van der Waals surface area contributed by atoms with Crippen LogP contribution in [0.5, 0.6) is 0 Å². The van der Waals surface area contributed by atoms with E-state index >= 15 is 0 Å². The van der Waals surface area contributed by atoms with Gasteiger partial charge >= 0.3 is 11.9 Å². The minimum absolute atomic E-state index is 0.142. The molecule has 23 heavy (non-hydrogen) atoms. The number of aliphatic carboxylic acids is 1. The summed E-state index contributed by atoms with van der Waals surface area (Å²) in [6.07, 6.45) is 0. The molecule has 1 unspecified atom stereocenters. The normalized spacial score (nSPS) is 18.2. The van der Waals surface area contributed by atoms with Gasteiger partial charge in [-0.15, -0.1) is 0 Å². The number of carbonyl (C=O) groups is 3. The molecule has 0 saturated carbocycles. The van der Waals surface area contributed by atoms with Gasteiger partial charge in [-0.05, 0) is 19.1 Å². The summed E-state index contributed by atoms with van der Waals surface area (Å²) in [6.45, 7) is 2.56. The smallest absolute Gasteiger partial charge is 0.394 e. The Labute approximate surface area is 132 Å². The number of carbonyl (C=O) groups excluding carboxylic acids is 2. The standard InChI is InChI=1S/C16H17N3O4/c1-10-9-18(15(21)16(22)23)6-7-19(10)14(20)13-8-11-4-2-3-5-12(11)17-13/h2-5,8,10,17H,6-7,9H2,1H3,(H,22,23). The van der Waals surface area contributed by atoms with Crippen molar-refractivity contribution in [1.29, 1.82) is 0 Å². The molecule has 2 amide bonds. The van der Waals surface area contributed by atoms with E-state index in [1.54, 1.807) is 11.0 Å². The number of aromatic nitrogens is 1. The molecular formula is C16H17N3O4. The molecule has 1 aromatic carbocycles. The molecule has 120 valence electrons. The molecule has 2 heterocycles. The molecule has 0 radical (unpaired) electrons. The summed E-state index contributed by atoms with van der Waals surface area (Å²) >= 11 is 0. The van der Waals surface area contributed by atoms with Crippen LogP contribution in [0.15, 0.2) is 30.3 Å². The van der Waals surface area contributed by atoms with Gasteiger partial charge in [-0.1, -0.05) is 18.2 Å². The van der Waals surface area contributed by atoms with E-state index in [4.69, 9.17) is 5.11 Å². The fraction of sp³-hybridized carbons (Fsp3) is 0.312. The maximum atomic E-state index is 12.7. The van der Waals surface area contributed by atoms with E-state index in [2.05, 4.69) is 4.98 Å². The number of amides is 2. The molecule has 3 rings (SSSR count). The van der Waals surface area contributed by atoms with Crippen LogP contribution in [0.25, 0.3) is 10.9 Å². The quantitative estimate of drug-likeness (QED) is 0.765. The molecule has 1 atom stereocenters. The molecule has 1 aromatic heterocycles. The zero-order valence-corrected chi connectivity index (χ0v) is 12.7. The SMILES string of the molecule is CC1CN(C(=O)C(=O)O)CCN1C(=O)c1cc2ccccc2[nH]1. The predicted octanol–water partition coefficient (Wildman–Crippen LogP) is 0.925. The predicted molar refractivity (Wildman–Crippen MR) is 83.0 cm³/mol. The van der Waals surface area contributed by atoms with Crippen molar-refractivity contribution in [2.75, 3.05) is 19.6 Å². The van der Waals surface area contributed by atoms with Crippen molar-refractivity contribution in [2.24, 2.45) is 0 Å². The average Bonchev–Trinajstić information content (AvgIpc) is 2.97. The van der Waals surface area contributed by atoms with Gasteiger partial charge in [-0.2, -0.15) is 0 Å². The number of carboxylic acid groups (broad SMARTS) is 1. The highest BCUT2D eigenvalue weighted by Crippen LogP contribution is 2.18. The van der Waals surface area contributed by atoms with Gasteiger partial charge in [0.25, 0.3) is 5.91 Å². The van der Waals surface area contributed by atoms with Crippen LogP contribution in [0.3, 0.4) is 0 Å². The summed E-state index contributed by atoms with van der Waals surface area (Å²) in [5.41, 5.74) is 1.39. The first-order valence-corrected chi connectivity index (χ1v) is 7.38. The maximum absolute atomic E-state index is 12.7. The van der Waals surface area contributed by atoms with Gasteiger partial charge in [0.15, 0.2) is 0 Å². The summed E-state index contributed by atoms with van der Waals surface area (Å²) in [4.78, 5) is 41.0. The maximum Gasteiger partial charge on any atom is 0.394 e. The molecule has 1 aliphatic heterocycles. The van der Waals surface area contributed by atoms with E-state index < -0.39 is 11.9 Å². The number of hydrogen-bond donors (Lipinski definition) is 2. The number of nitrogens with one attached hydrogen (secondary N) is 1. The first kappa shape index (κ1) is 15.1. The van der Waals surface area contributed by atoms with Crippen molar-refractivity contribution in [2.45, 2.75) is 13.0 Å². The number of H-pyrrole nitrogens is 1. The van der Waals surface area contributed by atoms with E-state index in [1.807, 2.05) is 31.2 Å². The molecular weight excluding hydrogens is 298 g/mol. The third-order valence-corrected chi connectivity index (χ3v) is 4.12. The van der Waals surface area contributed by atoms with E-state index in [9.17, 15) is 14.4 Å². The summed E-state index contributed by atoms with van der Waals surface area (Å²) in [6, 6.07) is 9.19. The van der Waals surface area contributed by atoms with Crippen LogP contribution in [-0.4, -0.2) is 63.4 Å². The van der Waals surface area contributed by atoms with Crippen molar-refractivity contribution < 1.29 is 19.5 Å². The number of para-hydroxylation sites is 1. The summed E-state index contributed by atoms with van der Waals surface area (Å²) in [5.74, 6) is -2.53. The highest BCUT2D eigenvalue weighted by Gasteiger charge is 2.32. The number of carboxylic acids is 1. The van der Waals surface area contributed by atoms with Gasteiger partial charge < -0.3 is 19.9 Å². The number of benzene rings is 1. The van der Waals surface area contributed by atoms with Crippen LogP contribution in [0.4, 0.5) is 0 Å². The van der Waals surface area contributed by atoms with Crippen molar-refractivity contribution in [1.82, 2.24) is 14.8 Å². The Kier molecular flexibility index (Phi) is 3.77. The van der Waals surface area contributed by atoms with Crippen molar-refractivity contribution >= 4 is 28.7 Å². The highest BCUT2D eigenvalue weighted by molar-refractivity contribution is 6.31. The number of nitrogens with zero attached hydrogens (tertiary/aromatic N) is 2. The molecule has 2 N–H and O–H groups in total. The van der Waals surface area contributed by atoms with Crippen LogP contribution in [-0.2, 0) is 9.59 Å². The van der Waals surface area contributed by atoms with Crippen LogP contribution in [0.2, 0.25) is 0 Å². The van der Waals surface area contributed by atoms with Crippen molar-refractivity contribution in [3.8, 4) is 0 Å². The Morgan fingerprint density at radius 2 is 1.96 bits per heavy atom. The second-order valence-corrected chi connectivity index (χ2v) is 5.67. The molecule has 1 fully saturated rings. The second kappa shape index (κ2) is 5.75. The largest absolute Gasteiger partial charge is 0.474 e. The van der Waals surface area contributed by atoms with Gasteiger partial charge in [-0.3, -0.25) is 9.59 Å². The van der Waals surface area contributed by atoms with Crippen LogP contribution in [0.1, 0.15) is 17.4 Å². The van der Waals surface area contributed by atoms with E-state index in [-0.39, 0.29) is 25.0 Å². The Bertz CT molecular complexity index is 749. The molecule has 0 aliphatic carbocycles. The number of rotatable bonds is 1. The van der Waals surface area contributed by atoms with Crippen molar-refractivity contribution in [3.05, 3.63) is 36.0 Å². The van der Waals surface area contributed by atoms with Crippen LogP contribution >= 0.6 is 0 Å². The van der Waals surface area contributed by atoms with Crippen LogP contribution < -0.4 is 0 Å². The molecule has 0 bridgehead atoms. The molecule has 2 aromatic rings. The zero-order chi connectivity index (χ0) is 16.6. The van der Waals surface area contributed by atoms with Gasteiger partial charge in [0.05, 0.1) is 0 Å². The summed E-state index contributed by atoms with van der Waals surface area (Å²) < 4.78 is 0. The number of fused-ring (bicyclic) bond motifs is 1. The molecule has 0 spiro atoms. The van der Waals surface area contributed by atoms with Crippen LogP contribution in [0, 0.1) is 0 Å². The lowest BCUT2D eigenvalue weighted by Gasteiger charge is -2.39. The first-order valence-electron chi connectivity index (χ1n) is 7.38. The molecule has 7 nitrogen and oxygen atoms in total. The molecule has 1 aliphatic rings. The first-order chi connectivity index (χ1) is 11.0. The Hall–Kier alpha value is -2.83. The second-order valence-electron chi connectivity index (χ2n) is 5.67.